The number of aromatic nitrogens is 1. The Balaban J connectivity index is 1.55. The van der Waals surface area contributed by atoms with Crippen LogP contribution < -0.4 is 14.8 Å². The second-order valence-electron chi connectivity index (χ2n) is 8.32. The van der Waals surface area contributed by atoms with Gasteiger partial charge in [0.1, 0.15) is 0 Å². The Hall–Kier alpha value is -2.99. The molecule has 1 fully saturated rings. The minimum atomic E-state index is -0.0140. The van der Waals surface area contributed by atoms with Crippen molar-refractivity contribution in [2.45, 2.75) is 32.6 Å². The summed E-state index contributed by atoms with van der Waals surface area (Å²) in [5.74, 6) is 1.38. The van der Waals surface area contributed by atoms with Gasteiger partial charge in [0.05, 0.1) is 14.2 Å². The molecular weight excluding hydrogens is 402 g/mol. The molecule has 1 amide bonds. The molecule has 2 aromatic carbocycles. The summed E-state index contributed by atoms with van der Waals surface area (Å²) in [5, 5.41) is 4.18. The topological polar surface area (TPSA) is 66.6 Å². The molecular formula is C26H33N3O3. The van der Waals surface area contributed by atoms with E-state index < -0.39 is 0 Å². The van der Waals surface area contributed by atoms with Crippen LogP contribution in [0.2, 0.25) is 0 Å². The molecule has 0 aliphatic carbocycles. The lowest BCUT2D eigenvalue weighted by Crippen LogP contribution is -2.37. The molecule has 6 nitrogen and oxygen atoms in total. The Kier molecular flexibility index (Phi) is 7.00. The molecule has 0 saturated carbocycles. The quantitative estimate of drug-likeness (QED) is 0.541. The zero-order valence-corrected chi connectivity index (χ0v) is 19.3. The molecule has 1 saturated heterocycles. The molecule has 3 aromatic rings. The number of fused-ring (bicyclic) bond motifs is 1. The van der Waals surface area contributed by atoms with Crippen molar-refractivity contribution in [3.63, 3.8) is 0 Å². The molecule has 32 heavy (non-hydrogen) atoms. The molecule has 0 bridgehead atoms. The van der Waals surface area contributed by atoms with Gasteiger partial charge in [0.15, 0.2) is 11.5 Å². The number of hydrogen-bond donors (Lipinski definition) is 2. The van der Waals surface area contributed by atoms with Gasteiger partial charge in [-0.3, -0.25) is 4.79 Å². The van der Waals surface area contributed by atoms with E-state index in [-0.39, 0.29) is 5.91 Å². The van der Waals surface area contributed by atoms with Crippen LogP contribution in [0.5, 0.6) is 11.5 Å². The standard InChI is InChI=1S/C26H33N3O3/c1-4-20-21-16-19(26(30)27-12-15-29-13-6-5-7-14-29)8-10-22(21)28-25(20)18-9-11-23(31-2)24(17-18)32-3/h8-11,16-17,28H,4-7,12-15H2,1-3H3,(H,27,30). The van der Waals surface area contributed by atoms with Crippen LogP contribution >= 0.6 is 0 Å². The number of hydrogen-bond acceptors (Lipinski definition) is 4. The van der Waals surface area contributed by atoms with E-state index in [1.54, 1.807) is 14.2 Å². The average Bonchev–Trinajstić information content (AvgIpc) is 3.22. The highest BCUT2D eigenvalue weighted by atomic mass is 16.5. The summed E-state index contributed by atoms with van der Waals surface area (Å²) in [6, 6.07) is 11.8. The predicted molar refractivity (Wildman–Crippen MR) is 129 cm³/mol. The third-order valence-corrected chi connectivity index (χ3v) is 6.36. The third kappa shape index (κ3) is 4.60. The zero-order valence-electron chi connectivity index (χ0n) is 19.3. The van der Waals surface area contributed by atoms with Crippen molar-refractivity contribution in [2.75, 3.05) is 40.4 Å². The largest absolute Gasteiger partial charge is 0.493 e. The highest BCUT2D eigenvalue weighted by Gasteiger charge is 2.16. The fourth-order valence-electron chi connectivity index (χ4n) is 4.61. The summed E-state index contributed by atoms with van der Waals surface area (Å²) in [7, 11) is 3.28. The van der Waals surface area contributed by atoms with E-state index in [9.17, 15) is 4.79 Å². The molecule has 0 spiro atoms. The number of aromatic amines is 1. The van der Waals surface area contributed by atoms with Gasteiger partial charge in [-0.2, -0.15) is 0 Å². The first kappa shape index (κ1) is 22.2. The van der Waals surface area contributed by atoms with E-state index in [0.29, 0.717) is 23.6 Å². The van der Waals surface area contributed by atoms with Crippen molar-refractivity contribution in [2.24, 2.45) is 0 Å². The van der Waals surface area contributed by atoms with Gasteiger partial charge in [-0.1, -0.05) is 13.3 Å². The van der Waals surface area contributed by atoms with Gasteiger partial charge < -0.3 is 24.7 Å². The van der Waals surface area contributed by atoms with Crippen molar-refractivity contribution >= 4 is 16.8 Å². The lowest BCUT2D eigenvalue weighted by Gasteiger charge is -2.26. The van der Waals surface area contributed by atoms with Crippen LogP contribution in [0.1, 0.15) is 42.1 Å². The van der Waals surface area contributed by atoms with Crippen LogP contribution in [0.4, 0.5) is 0 Å². The Labute approximate surface area is 189 Å². The average molecular weight is 436 g/mol. The Morgan fingerprint density at radius 2 is 1.81 bits per heavy atom. The summed E-state index contributed by atoms with van der Waals surface area (Å²) in [4.78, 5) is 18.8. The molecule has 0 atom stereocenters. The molecule has 1 aliphatic heterocycles. The molecule has 2 heterocycles. The number of H-pyrrole nitrogens is 1. The molecule has 0 radical (unpaired) electrons. The van der Waals surface area contributed by atoms with Crippen molar-refractivity contribution in [3.05, 3.63) is 47.5 Å². The Morgan fingerprint density at radius 1 is 1.03 bits per heavy atom. The molecule has 6 heteroatoms. The van der Waals surface area contributed by atoms with Crippen molar-refractivity contribution in [1.82, 2.24) is 15.2 Å². The van der Waals surface area contributed by atoms with Gasteiger partial charge in [0.25, 0.3) is 5.91 Å². The first-order valence-corrected chi connectivity index (χ1v) is 11.5. The van der Waals surface area contributed by atoms with E-state index in [4.69, 9.17) is 9.47 Å². The van der Waals surface area contributed by atoms with E-state index in [0.717, 1.165) is 48.2 Å². The number of carbonyl (C=O) groups excluding carboxylic acids is 1. The number of methoxy groups -OCH3 is 2. The van der Waals surface area contributed by atoms with Crippen molar-refractivity contribution < 1.29 is 14.3 Å². The molecule has 1 aromatic heterocycles. The van der Waals surface area contributed by atoms with Gasteiger partial charge in [0.2, 0.25) is 0 Å². The molecule has 2 N–H and O–H groups in total. The molecule has 0 unspecified atom stereocenters. The zero-order chi connectivity index (χ0) is 22.5. The first-order chi connectivity index (χ1) is 15.6. The minimum absolute atomic E-state index is 0.0140. The van der Waals surface area contributed by atoms with Gasteiger partial charge in [-0.15, -0.1) is 0 Å². The maximum atomic E-state index is 12.8. The number of likely N-dealkylation sites (tertiary alicyclic amines) is 1. The van der Waals surface area contributed by atoms with Crippen molar-refractivity contribution in [1.29, 1.82) is 0 Å². The second kappa shape index (κ2) is 10.1. The number of nitrogens with zero attached hydrogens (tertiary/aromatic N) is 1. The highest BCUT2D eigenvalue weighted by Crippen LogP contribution is 2.36. The first-order valence-electron chi connectivity index (χ1n) is 11.5. The maximum Gasteiger partial charge on any atom is 0.251 e. The van der Waals surface area contributed by atoms with Gasteiger partial charge in [-0.25, -0.2) is 0 Å². The lowest BCUT2D eigenvalue weighted by atomic mass is 10.0. The maximum absolute atomic E-state index is 12.8. The number of carbonyl (C=O) groups is 1. The summed E-state index contributed by atoms with van der Waals surface area (Å²) >= 11 is 0. The number of ether oxygens (including phenoxy) is 2. The summed E-state index contributed by atoms with van der Waals surface area (Å²) in [6.45, 7) is 6.02. The highest BCUT2D eigenvalue weighted by molar-refractivity contribution is 6.00. The van der Waals surface area contributed by atoms with Gasteiger partial charge in [-0.05, 0) is 74.3 Å². The third-order valence-electron chi connectivity index (χ3n) is 6.36. The predicted octanol–water partition coefficient (Wildman–Crippen LogP) is 4.63. The minimum Gasteiger partial charge on any atom is -0.493 e. The van der Waals surface area contributed by atoms with E-state index >= 15 is 0 Å². The van der Waals surface area contributed by atoms with Crippen LogP contribution in [0.15, 0.2) is 36.4 Å². The second-order valence-corrected chi connectivity index (χ2v) is 8.32. The van der Waals surface area contributed by atoms with Crippen LogP contribution in [0, 0.1) is 0 Å². The summed E-state index contributed by atoms with van der Waals surface area (Å²) < 4.78 is 10.9. The number of aryl methyl sites for hydroxylation is 1. The van der Waals surface area contributed by atoms with Crippen LogP contribution in [-0.4, -0.2) is 56.2 Å². The number of amides is 1. The SMILES string of the molecule is CCc1c(-c2ccc(OC)c(OC)c2)[nH]c2ccc(C(=O)NCCN3CCCCC3)cc12. The monoisotopic (exact) mass is 435 g/mol. The van der Waals surface area contributed by atoms with Crippen molar-refractivity contribution in [3.8, 4) is 22.8 Å². The Bertz CT molecular complexity index is 1080. The summed E-state index contributed by atoms with van der Waals surface area (Å²) in [6.07, 6.45) is 4.70. The van der Waals surface area contributed by atoms with Crippen LogP contribution in [0.25, 0.3) is 22.2 Å². The fraction of sp³-hybridized carbons (Fsp3) is 0.423. The van der Waals surface area contributed by atoms with Crippen LogP contribution in [0.3, 0.4) is 0 Å². The van der Waals surface area contributed by atoms with E-state index in [1.807, 2.05) is 36.4 Å². The van der Waals surface area contributed by atoms with E-state index in [1.165, 1.54) is 24.8 Å². The Morgan fingerprint density at radius 3 is 2.53 bits per heavy atom. The van der Waals surface area contributed by atoms with Gasteiger partial charge in [0, 0.05) is 40.8 Å². The summed E-state index contributed by atoms with van der Waals surface area (Å²) in [5.41, 5.74) is 4.99. The molecule has 170 valence electrons. The fourth-order valence-corrected chi connectivity index (χ4v) is 4.61. The number of benzene rings is 2. The number of nitrogens with one attached hydrogen (secondary N) is 2. The normalized spacial score (nSPS) is 14.5. The van der Waals surface area contributed by atoms with Gasteiger partial charge >= 0.3 is 0 Å². The smallest absolute Gasteiger partial charge is 0.251 e. The van der Waals surface area contributed by atoms with E-state index in [2.05, 4.69) is 22.1 Å². The molecule has 4 rings (SSSR count). The van der Waals surface area contributed by atoms with Crippen LogP contribution in [-0.2, 0) is 6.42 Å². The molecule has 1 aliphatic rings. The lowest BCUT2D eigenvalue weighted by molar-refractivity contribution is 0.0946. The number of piperidine rings is 1. The number of rotatable bonds is 8.